The van der Waals surface area contributed by atoms with Gasteiger partial charge in [0.2, 0.25) is 0 Å². The van der Waals surface area contributed by atoms with Crippen LogP contribution in [0.25, 0.3) is 0 Å². The summed E-state index contributed by atoms with van der Waals surface area (Å²) in [6, 6.07) is 6.69. The highest BCUT2D eigenvalue weighted by Gasteiger charge is 2.18. The van der Waals surface area contributed by atoms with Crippen molar-refractivity contribution in [3.63, 3.8) is 0 Å². The van der Waals surface area contributed by atoms with Crippen molar-refractivity contribution in [2.45, 2.75) is 25.9 Å². The quantitative estimate of drug-likeness (QED) is 0.799. The highest BCUT2D eigenvalue weighted by Crippen LogP contribution is 2.31. The lowest BCUT2D eigenvalue weighted by molar-refractivity contribution is 0.192. The van der Waals surface area contributed by atoms with Crippen LogP contribution in [0.4, 0.5) is 5.69 Å². The van der Waals surface area contributed by atoms with Gasteiger partial charge in [0, 0.05) is 37.9 Å². The number of nitrogens with one attached hydrogen (secondary N) is 1. The molecule has 1 saturated heterocycles. The molecule has 2 aliphatic rings. The average molecular weight is 232 g/mol. The molecule has 0 aromatic heterocycles. The first-order valence-electron chi connectivity index (χ1n) is 6.58. The second kappa shape index (κ2) is 4.57. The van der Waals surface area contributed by atoms with Crippen molar-refractivity contribution in [3.05, 3.63) is 23.8 Å². The Morgan fingerprint density at radius 3 is 2.94 bits per heavy atom. The van der Waals surface area contributed by atoms with E-state index in [1.807, 2.05) is 0 Å². The van der Waals surface area contributed by atoms with Crippen LogP contribution in [0.1, 0.15) is 18.9 Å². The number of fused-ring (bicyclic) bond motifs is 1. The Labute approximate surface area is 103 Å². The van der Waals surface area contributed by atoms with Gasteiger partial charge in [0.25, 0.3) is 0 Å². The summed E-state index contributed by atoms with van der Waals surface area (Å²) in [5.74, 6) is 1.10. The lowest BCUT2D eigenvalue weighted by Gasteiger charge is -2.31. The molecule has 2 heterocycles. The van der Waals surface area contributed by atoms with Gasteiger partial charge in [0.05, 0.1) is 6.10 Å². The molecular weight excluding hydrogens is 212 g/mol. The van der Waals surface area contributed by atoms with Gasteiger partial charge >= 0.3 is 0 Å². The molecule has 0 saturated carbocycles. The molecule has 3 rings (SSSR count). The number of benzene rings is 1. The number of rotatable bonds is 1. The van der Waals surface area contributed by atoms with Crippen LogP contribution in [0.15, 0.2) is 18.2 Å². The minimum absolute atomic E-state index is 0.362. The minimum atomic E-state index is 0.362. The summed E-state index contributed by atoms with van der Waals surface area (Å²) in [4.78, 5) is 2.43. The largest absolute Gasteiger partial charge is 0.490 e. The van der Waals surface area contributed by atoms with Crippen molar-refractivity contribution >= 4 is 5.69 Å². The SMILES string of the molecule is CC1CCc2ccc(N3CCNCC3)cc2O1. The van der Waals surface area contributed by atoms with E-state index in [-0.39, 0.29) is 0 Å². The average Bonchev–Trinajstić information content (AvgIpc) is 2.39. The molecule has 0 spiro atoms. The number of ether oxygens (including phenoxy) is 1. The van der Waals surface area contributed by atoms with E-state index in [0.717, 1.165) is 44.8 Å². The lowest BCUT2D eigenvalue weighted by Crippen LogP contribution is -2.43. The molecule has 0 bridgehead atoms. The molecule has 1 fully saturated rings. The second-order valence-corrected chi connectivity index (χ2v) is 5.00. The summed E-state index contributed by atoms with van der Waals surface area (Å²) in [5.41, 5.74) is 2.67. The van der Waals surface area contributed by atoms with Crippen LogP contribution in [-0.4, -0.2) is 32.3 Å². The van der Waals surface area contributed by atoms with Crippen molar-refractivity contribution < 1.29 is 4.74 Å². The molecule has 1 N–H and O–H groups in total. The number of nitrogens with zero attached hydrogens (tertiary/aromatic N) is 1. The first-order chi connectivity index (χ1) is 8.33. The van der Waals surface area contributed by atoms with E-state index in [1.54, 1.807) is 0 Å². The Morgan fingerprint density at radius 2 is 2.12 bits per heavy atom. The Kier molecular flexibility index (Phi) is 2.93. The summed E-state index contributed by atoms with van der Waals surface area (Å²) < 4.78 is 5.92. The molecule has 1 aromatic rings. The van der Waals surface area contributed by atoms with Crippen LogP contribution < -0.4 is 15.0 Å². The number of piperazine rings is 1. The zero-order valence-corrected chi connectivity index (χ0v) is 10.4. The maximum atomic E-state index is 5.92. The third-order valence-electron chi connectivity index (χ3n) is 3.68. The molecule has 0 amide bonds. The minimum Gasteiger partial charge on any atom is -0.490 e. The number of hydrogen-bond donors (Lipinski definition) is 1. The Hall–Kier alpha value is -1.22. The van der Waals surface area contributed by atoms with Gasteiger partial charge in [0.1, 0.15) is 5.75 Å². The zero-order chi connectivity index (χ0) is 11.7. The molecule has 1 unspecified atom stereocenters. The van der Waals surface area contributed by atoms with Crippen LogP contribution in [0, 0.1) is 0 Å². The summed E-state index contributed by atoms with van der Waals surface area (Å²) >= 11 is 0. The van der Waals surface area contributed by atoms with Gasteiger partial charge in [-0.2, -0.15) is 0 Å². The summed E-state index contributed by atoms with van der Waals surface area (Å²) in [6.45, 7) is 6.49. The summed E-state index contributed by atoms with van der Waals surface area (Å²) in [5, 5.41) is 3.38. The van der Waals surface area contributed by atoms with Crippen molar-refractivity contribution in [2.24, 2.45) is 0 Å². The van der Waals surface area contributed by atoms with Gasteiger partial charge in [-0.3, -0.25) is 0 Å². The third-order valence-corrected chi connectivity index (χ3v) is 3.68. The van der Waals surface area contributed by atoms with Crippen molar-refractivity contribution in [2.75, 3.05) is 31.1 Å². The topological polar surface area (TPSA) is 24.5 Å². The molecule has 3 heteroatoms. The molecule has 0 aliphatic carbocycles. The predicted octanol–water partition coefficient (Wildman–Crippen LogP) is 1.81. The maximum Gasteiger partial charge on any atom is 0.124 e. The van der Waals surface area contributed by atoms with Gasteiger partial charge in [-0.25, -0.2) is 0 Å². The first-order valence-corrected chi connectivity index (χ1v) is 6.58. The van der Waals surface area contributed by atoms with E-state index in [9.17, 15) is 0 Å². The van der Waals surface area contributed by atoms with Crippen molar-refractivity contribution in [3.8, 4) is 5.75 Å². The number of hydrogen-bond acceptors (Lipinski definition) is 3. The highest BCUT2D eigenvalue weighted by molar-refractivity contribution is 5.54. The van der Waals surface area contributed by atoms with E-state index in [1.165, 1.54) is 11.3 Å². The lowest BCUT2D eigenvalue weighted by atomic mass is 10.0. The van der Waals surface area contributed by atoms with Crippen molar-refractivity contribution in [1.82, 2.24) is 5.32 Å². The summed E-state index contributed by atoms with van der Waals surface area (Å²) in [6.07, 6.45) is 2.65. The molecular formula is C14H20N2O. The van der Waals surface area contributed by atoms with E-state index < -0.39 is 0 Å². The fourth-order valence-corrected chi connectivity index (χ4v) is 2.61. The molecule has 17 heavy (non-hydrogen) atoms. The monoisotopic (exact) mass is 232 g/mol. The normalized spacial score (nSPS) is 24.1. The summed E-state index contributed by atoms with van der Waals surface area (Å²) in [7, 11) is 0. The predicted molar refractivity (Wildman–Crippen MR) is 69.9 cm³/mol. The van der Waals surface area contributed by atoms with Gasteiger partial charge in [0.15, 0.2) is 0 Å². The molecule has 1 aromatic carbocycles. The van der Waals surface area contributed by atoms with Crippen LogP contribution in [0.3, 0.4) is 0 Å². The maximum absolute atomic E-state index is 5.92. The smallest absolute Gasteiger partial charge is 0.124 e. The van der Waals surface area contributed by atoms with E-state index in [2.05, 4.69) is 35.3 Å². The fourth-order valence-electron chi connectivity index (χ4n) is 2.61. The highest BCUT2D eigenvalue weighted by atomic mass is 16.5. The van der Waals surface area contributed by atoms with Crippen LogP contribution >= 0.6 is 0 Å². The Bertz CT molecular complexity index is 399. The second-order valence-electron chi connectivity index (χ2n) is 5.00. The van der Waals surface area contributed by atoms with Crippen LogP contribution in [-0.2, 0) is 6.42 Å². The Morgan fingerprint density at radius 1 is 1.29 bits per heavy atom. The standard InChI is InChI=1S/C14H20N2O/c1-11-2-3-12-4-5-13(10-14(12)17-11)16-8-6-15-7-9-16/h4-5,10-11,15H,2-3,6-9H2,1H3. The van der Waals surface area contributed by atoms with Gasteiger partial charge in [-0.15, -0.1) is 0 Å². The van der Waals surface area contributed by atoms with Gasteiger partial charge in [-0.1, -0.05) is 6.07 Å². The van der Waals surface area contributed by atoms with E-state index in [0.29, 0.717) is 6.10 Å². The molecule has 2 aliphatic heterocycles. The van der Waals surface area contributed by atoms with Crippen LogP contribution in [0.5, 0.6) is 5.75 Å². The van der Waals surface area contributed by atoms with Gasteiger partial charge in [-0.05, 0) is 31.4 Å². The zero-order valence-electron chi connectivity index (χ0n) is 10.4. The van der Waals surface area contributed by atoms with Gasteiger partial charge < -0.3 is 15.0 Å². The molecule has 92 valence electrons. The number of anilines is 1. The van der Waals surface area contributed by atoms with Crippen molar-refractivity contribution in [1.29, 1.82) is 0 Å². The first kappa shape index (κ1) is 10.9. The van der Waals surface area contributed by atoms with E-state index >= 15 is 0 Å². The molecule has 3 nitrogen and oxygen atoms in total. The molecule has 0 radical (unpaired) electrons. The van der Waals surface area contributed by atoms with E-state index in [4.69, 9.17) is 4.74 Å². The fraction of sp³-hybridized carbons (Fsp3) is 0.571. The third kappa shape index (κ3) is 2.25. The van der Waals surface area contributed by atoms with Crippen LogP contribution in [0.2, 0.25) is 0 Å². The Balaban J connectivity index is 1.84. The number of aryl methyl sites for hydroxylation is 1. The molecule has 1 atom stereocenters.